The van der Waals surface area contributed by atoms with Gasteiger partial charge in [0.25, 0.3) is 5.91 Å². The number of amides is 2. The highest BCUT2D eigenvalue weighted by Crippen LogP contribution is 2.20. The Hall–Kier alpha value is -5.09. The van der Waals surface area contributed by atoms with E-state index in [0.29, 0.717) is 44.5 Å². The first-order valence-electron chi connectivity index (χ1n) is 15.5. The Balaban J connectivity index is 1.36. The predicted octanol–water partition coefficient (Wildman–Crippen LogP) is 3.96. The second-order valence-corrected chi connectivity index (χ2v) is 11.2. The zero-order chi connectivity index (χ0) is 32.1. The van der Waals surface area contributed by atoms with E-state index in [1.54, 1.807) is 0 Å². The topological polar surface area (TPSA) is 140 Å². The lowest BCUT2D eigenvalue weighted by atomic mass is 10.0. The number of aryl methyl sites for hydroxylation is 1. The Morgan fingerprint density at radius 1 is 0.935 bits per heavy atom. The van der Waals surface area contributed by atoms with Crippen LogP contribution in [0.2, 0.25) is 0 Å². The maximum atomic E-state index is 13.5. The van der Waals surface area contributed by atoms with Crippen molar-refractivity contribution in [3.63, 3.8) is 0 Å². The van der Waals surface area contributed by atoms with E-state index in [2.05, 4.69) is 20.6 Å². The molecular formula is C36H38N4O6. The van der Waals surface area contributed by atoms with Crippen LogP contribution < -0.4 is 20.1 Å². The molecule has 3 N–H and O–H groups in total. The number of hydrogen-bond donors (Lipinski definition) is 3. The highest BCUT2D eigenvalue weighted by molar-refractivity contribution is 5.96. The molecule has 6 bridgehead atoms. The van der Waals surface area contributed by atoms with E-state index >= 15 is 0 Å². The Morgan fingerprint density at radius 3 is 2.24 bits per heavy atom. The third kappa shape index (κ3) is 9.45. The van der Waals surface area contributed by atoms with Crippen molar-refractivity contribution in [2.75, 3.05) is 13.2 Å². The first kappa shape index (κ1) is 32.3. The summed E-state index contributed by atoms with van der Waals surface area (Å²) in [5.41, 5.74) is 2.91. The minimum atomic E-state index is -1.03. The lowest BCUT2D eigenvalue weighted by molar-refractivity contribution is -0.125. The van der Waals surface area contributed by atoms with Crippen molar-refractivity contribution in [3.8, 4) is 11.5 Å². The molecule has 3 atom stereocenters. The average molecular weight is 623 g/mol. The average Bonchev–Trinajstić information content (AvgIpc) is 3.09. The smallest absolute Gasteiger partial charge is 0.272 e. The molecule has 0 spiro atoms. The fourth-order valence-electron chi connectivity index (χ4n) is 5.12. The lowest BCUT2D eigenvalue weighted by Gasteiger charge is -2.21. The van der Waals surface area contributed by atoms with Crippen molar-refractivity contribution in [1.82, 2.24) is 20.6 Å². The van der Waals surface area contributed by atoms with Crippen molar-refractivity contribution < 1.29 is 29.0 Å². The van der Waals surface area contributed by atoms with Gasteiger partial charge in [-0.1, -0.05) is 54.6 Å². The van der Waals surface area contributed by atoms with Gasteiger partial charge in [-0.15, -0.1) is 0 Å². The summed E-state index contributed by atoms with van der Waals surface area (Å²) in [6, 6.07) is 22.6. The zero-order valence-corrected chi connectivity index (χ0v) is 25.5. The molecule has 2 amide bonds. The van der Waals surface area contributed by atoms with Crippen LogP contribution in [0.3, 0.4) is 0 Å². The van der Waals surface area contributed by atoms with Gasteiger partial charge in [0.15, 0.2) is 0 Å². The summed E-state index contributed by atoms with van der Waals surface area (Å²) < 4.78 is 11.7. The molecule has 1 aromatic heterocycles. The van der Waals surface area contributed by atoms with Crippen molar-refractivity contribution in [2.24, 2.45) is 0 Å². The number of carbonyl (C=O) groups is 3. The number of benzene rings is 3. The normalized spacial score (nSPS) is 18.2. The van der Waals surface area contributed by atoms with Crippen LogP contribution in [0.15, 0.2) is 91.3 Å². The molecule has 5 heterocycles. The van der Waals surface area contributed by atoms with E-state index in [4.69, 9.17) is 9.47 Å². The van der Waals surface area contributed by atoms with Gasteiger partial charge >= 0.3 is 0 Å². The number of rotatable bonds is 5. The standard InChI is InChI=1S/C36H38N4O6/c41-24-28(20-26-6-2-1-3-7-26)38-35(43)31-21-27-10-15-30(16-11-27)46-19-5-4-18-45-29-13-8-25(9-14-29)12-17-34(42)32-22-37-23-33(39-32)36(44)40-31/h1-3,6-11,13-16,22-24,28,31,34,42H,4-5,12,17-21H2,(H,38,43)(H,40,44). The fraction of sp³-hybridized carbons (Fsp3) is 0.306. The van der Waals surface area contributed by atoms with E-state index in [1.807, 2.05) is 78.9 Å². The third-order valence-corrected chi connectivity index (χ3v) is 7.71. The maximum Gasteiger partial charge on any atom is 0.272 e. The molecule has 4 aromatic rings. The first-order valence-corrected chi connectivity index (χ1v) is 15.5. The van der Waals surface area contributed by atoms with E-state index < -0.39 is 30.0 Å². The Morgan fingerprint density at radius 2 is 1.59 bits per heavy atom. The van der Waals surface area contributed by atoms with E-state index in [1.165, 1.54) is 12.4 Å². The number of aliphatic hydroxyl groups excluding tert-OH is 1. The molecule has 4 aliphatic heterocycles. The second kappa shape index (κ2) is 16.3. The molecule has 0 radical (unpaired) electrons. The molecule has 0 saturated heterocycles. The van der Waals surface area contributed by atoms with Gasteiger partial charge in [-0.05, 0) is 73.1 Å². The molecule has 0 fully saturated rings. The number of aliphatic hydroxyl groups is 1. The van der Waals surface area contributed by atoms with Crippen molar-refractivity contribution in [2.45, 2.75) is 56.7 Å². The van der Waals surface area contributed by atoms with Crippen molar-refractivity contribution in [3.05, 3.63) is 119 Å². The van der Waals surface area contributed by atoms with Crippen LogP contribution in [0, 0.1) is 0 Å². The summed E-state index contributed by atoms with van der Waals surface area (Å²) >= 11 is 0. The largest absolute Gasteiger partial charge is 0.494 e. The molecule has 10 nitrogen and oxygen atoms in total. The van der Waals surface area contributed by atoms with Gasteiger partial charge in [0.2, 0.25) is 5.91 Å². The van der Waals surface area contributed by atoms with Crippen LogP contribution in [-0.2, 0) is 28.9 Å². The first-order chi connectivity index (χ1) is 22.5. The van der Waals surface area contributed by atoms with Crippen molar-refractivity contribution >= 4 is 18.1 Å². The molecule has 238 valence electrons. The second-order valence-electron chi connectivity index (χ2n) is 11.2. The van der Waals surface area contributed by atoms with Gasteiger partial charge in [0.05, 0.1) is 43.4 Å². The summed E-state index contributed by atoms with van der Waals surface area (Å²) in [5, 5.41) is 16.4. The summed E-state index contributed by atoms with van der Waals surface area (Å²) in [4.78, 5) is 47.4. The molecule has 10 heteroatoms. The lowest BCUT2D eigenvalue weighted by Crippen LogP contribution is -2.51. The van der Waals surface area contributed by atoms with E-state index in [0.717, 1.165) is 35.3 Å². The van der Waals surface area contributed by atoms with Gasteiger partial charge in [0, 0.05) is 6.42 Å². The quantitative estimate of drug-likeness (QED) is 0.284. The number of hydrogen-bond acceptors (Lipinski definition) is 8. The van der Waals surface area contributed by atoms with Crippen LogP contribution in [0.5, 0.6) is 11.5 Å². The van der Waals surface area contributed by atoms with Gasteiger partial charge in [-0.25, -0.2) is 4.98 Å². The summed E-state index contributed by atoms with van der Waals surface area (Å²) in [6.45, 7) is 1.10. The molecule has 3 unspecified atom stereocenters. The van der Waals surface area contributed by atoms with Crippen molar-refractivity contribution in [1.29, 1.82) is 0 Å². The van der Waals surface area contributed by atoms with Gasteiger partial charge in [-0.3, -0.25) is 14.6 Å². The maximum absolute atomic E-state index is 13.5. The summed E-state index contributed by atoms with van der Waals surface area (Å²) in [6.07, 6.45) is 5.51. The van der Waals surface area contributed by atoms with Gasteiger partial charge in [-0.2, -0.15) is 0 Å². The number of carbonyl (C=O) groups excluding carboxylic acids is 3. The number of nitrogens with one attached hydrogen (secondary N) is 2. The Kier molecular flexibility index (Phi) is 11.4. The minimum absolute atomic E-state index is 0.0368. The summed E-state index contributed by atoms with van der Waals surface area (Å²) in [5.74, 6) is 0.330. The van der Waals surface area contributed by atoms with Crippen LogP contribution >= 0.6 is 0 Å². The zero-order valence-electron chi connectivity index (χ0n) is 25.5. The molecular weight excluding hydrogens is 584 g/mol. The number of ether oxygens (including phenoxy) is 2. The minimum Gasteiger partial charge on any atom is -0.494 e. The predicted molar refractivity (Wildman–Crippen MR) is 172 cm³/mol. The molecule has 8 rings (SSSR count). The third-order valence-electron chi connectivity index (χ3n) is 7.71. The number of aldehydes is 1. The fourth-order valence-corrected chi connectivity index (χ4v) is 5.12. The Labute approximate surface area is 268 Å². The summed E-state index contributed by atoms with van der Waals surface area (Å²) in [7, 11) is 0. The van der Waals surface area contributed by atoms with Crippen LogP contribution in [-0.4, -0.2) is 58.5 Å². The van der Waals surface area contributed by atoms with Crippen LogP contribution in [0.4, 0.5) is 0 Å². The monoisotopic (exact) mass is 622 g/mol. The molecule has 0 aliphatic carbocycles. The van der Waals surface area contributed by atoms with E-state index in [-0.39, 0.29) is 17.8 Å². The van der Waals surface area contributed by atoms with Gasteiger partial charge in [0.1, 0.15) is 29.5 Å². The molecule has 3 aromatic carbocycles. The number of nitrogens with zero attached hydrogens (tertiary/aromatic N) is 2. The molecule has 4 aliphatic rings. The number of aromatic nitrogens is 2. The van der Waals surface area contributed by atoms with E-state index in [9.17, 15) is 19.5 Å². The molecule has 0 saturated carbocycles. The van der Waals surface area contributed by atoms with Gasteiger partial charge < -0.3 is 30.0 Å². The van der Waals surface area contributed by atoms with Crippen LogP contribution in [0.1, 0.15) is 58.2 Å². The van der Waals surface area contributed by atoms with Crippen LogP contribution in [0.25, 0.3) is 0 Å². The SMILES string of the molecule is O=CC(Cc1ccccc1)NC(=O)C1Cc2ccc(cc2)OCCCCOc2ccc(cc2)CCC(O)c2cncc(n2)C(=O)N1. The molecule has 46 heavy (non-hydrogen) atoms. The Bertz CT molecular complexity index is 1580. The highest BCUT2D eigenvalue weighted by atomic mass is 16.5. The highest BCUT2D eigenvalue weighted by Gasteiger charge is 2.26.